The molecular formula is C20H13F3N8O6. The average molecular weight is 518 g/mol. The van der Waals surface area contributed by atoms with E-state index in [-0.39, 0.29) is 29.5 Å². The highest BCUT2D eigenvalue weighted by Crippen LogP contribution is 2.34. The van der Waals surface area contributed by atoms with Gasteiger partial charge in [0.05, 0.1) is 22.2 Å². The first kappa shape index (κ1) is 24.8. The summed E-state index contributed by atoms with van der Waals surface area (Å²) in [7, 11) is 0. The van der Waals surface area contributed by atoms with Crippen LogP contribution < -0.4 is 10.1 Å². The standard InChI is InChI=1S/C20H13F3N8O6/c21-20(22,23)12-2-1-3-15(6-12)37-16-8-13(7-14(9-16)30(33)34)25-18(32)17-4-5-28(26-17)11-29-10-24-19(27-29)31(35)36/h1-10H,11H2,(H,25,32). The third kappa shape index (κ3) is 6.02. The van der Waals surface area contributed by atoms with Crippen molar-refractivity contribution in [3.63, 3.8) is 0 Å². The van der Waals surface area contributed by atoms with Crippen LogP contribution in [0.1, 0.15) is 16.1 Å². The lowest BCUT2D eigenvalue weighted by molar-refractivity contribution is -0.394. The fourth-order valence-corrected chi connectivity index (χ4v) is 3.03. The molecule has 0 aliphatic rings. The van der Waals surface area contributed by atoms with Crippen LogP contribution in [0.2, 0.25) is 0 Å². The van der Waals surface area contributed by atoms with E-state index < -0.39 is 39.1 Å². The Morgan fingerprint density at radius 3 is 2.46 bits per heavy atom. The number of hydrogen-bond donors (Lipinski definition) is 1. The Kier molecular flexibility index (Phi) is 6.51. The number of rotatable bonds is 8. The van der Waals surface area contributed by atoms with Gasteiger partial charge in [-0.05, 0) is 29.2 Å². The molecule has 4 aromatic rings. The molecule has 14 nitrogen and oxygen atoms in total. The van der Waals surface area contributed by atoms with Gasteiger partial charge in [0.25, 0.3) is 11.6 Å². The molecule has 4 rings (SSSR count). The third-order valence-electron chi connectivity index (χ3n) is 4.61. The summed E-state index contributed by atoms with van der Waals surface area (Å²) in [4.78, 5) is 36.6. The highest BCUT2D eigenvalue weighted by atomic mass is 19.4. The van der Waals surface area contributed by atoms with Gasteiger partial charge in [-0.25, -0.2) is 4.68 Å². The molecule has 2 heterocycles. The van der Waals surface area contributed by atoms with Crippen LogP contribution in [0.4, 0.5) is 30.5 Å². The van der Waals surface area contributed by atoms with Crippen LogP contribution in [0.25, 0.3) is 0 Å². The van der Waals surface area contributed by atoms with Crippen LogP contribution in [0.3, 0.4) is 0 Å². The lowest BCUT2D eigenvalue weighted by Gasteiger charge is -2.11. The number of halogens is 3. The fourth-order valence-electron chi connectivity index (χ4n) is 3.03. The monoisotopic (exact) mass is 518 g/mol. The van der Waals surface area contributed by atoms with Crippen molar-refractivity contribution in [2.45, 2.75) is 12.8 Å². The lowest BCUT2D eigenvalue weighted by Crippen LogP contribution is -2.15. The Morgan fingerprint density at radius 2 is 1.78 bits per heavy atom. The van der Waals surface area contributed by atoms with Gasteiger partial charge in [0.15, 0.2) is 12.4 Å². The van der Waals surface area contributed by atoms with Crippen molar-refractivity contribution >= 4 is 23.2 Å². The van der Waals surface area contributed by atoms with Crippen LogP contribution in [-0.4, -0.2) is 40.3 Å². The predicted octanol–water partition coefficient (Wildman–Crippen LogP) is 3.86. The summed E-state index contributed by atoms with van der Waals surface area (Å²) in [6.07, 6.45) is -2.13. The predicted molar refractivity (Wildman–Crippen MR) is 117 cm³/mol. The molecule has 190 valence electrons. The van der Waals surface area contributed by atoms with Gasteiger partial charge in [0, 0.05) is 23.4 Å². The first-order chi connectivity index (χ1) is 17.5. The maximum atomic E-state index is 13.0. The summed E-state index contributed by atoms with van der Waals surface area (Å²) in [5.74, 6) is -1.80. The molecule has 0 unspecified atom stereocenters. The summed E-state index contributed by atoms with van der Waals surface area (Å²) in [5, 5.41) is 32.1. The van der Waals surface area contributed by atoms with Gasteiger partial charge in [0.1, 0.15) is 11.5 Å². The molecule has 0 atom stereocenters. The Balaban J connectivity index is 1.51. The highest BCUT2D eigenvalue weighted by molar-refractivity contribution is 6.03. The summed E-state index contributed by atoms with van der Waals surface area (Å²) in [5.41, 5.74) is -1.65. The Bertz CT molecular complexity index is 1500. The van der Waals surface area contributed by atoms with Crippen molar-refractivity contribution in [2.75, 3.05) is 5.32 Å². The van der Waals surface area contributed by atoms with Gasteiger partial charge >= 0.3 is 12.1 Å². The molecule has 0 spiro atoms. The van der Waals surface area contributed by atoms with Crippen LogP contribution in [0.15, 0.2) is 61.1 Å². The van der Waals surface area contributed by atoms with E-state index >= 15 is 0 Å². The zero-order valence-corrected chi connectivity index (χ0v) is 18.2. The number of hydrogen-bond acceptors (Lipinski definition) is 9. The minimum Gasteiger partial charge on any atom is -0.457 e. The smallest absolute Gasteiger partial charge is 0.457 e. The van der Waals surface area contributed by atoms with Gasteiger partial charge in [-0.15, -0.1) is 0 Å². The van der Waals surface area contributed by atoms with Crippen LogP contribution in [0, 0.1) is 20.2 Å². The number of nitrogens with one attached hydrogen (secondary N) is 1. The molecule has 17 heteroatoms. The largest absolute Gasteiger partial charge is 0.491 e. The molecule has 0 aliphatic heterocycles. The molecular weight excluding hydrogens is 505 g/mol. The molecule has 2 aromatic carbocycles. The first-order valence-electron chi connectivity index (χ1n) is 10.0. The number of carbonyl (C=O) groups excluding carboxylic acids is 1. The van der Waals surface area contributed by atoms with E-state index in [1.807, 2.05) is 0 Å². The van der Waals surface area contributed by atoms with Crippen molar-refractivity contribution in [1.82, 2.24) is 24.5 Å². The number of ether oxygens (including phenoxy) is 1. The maximum absolute atomic E-state index is 13.0. The van der Waals surface area contributed by atoms with Crippen molar-refractivity contribution < 1.29 is 32.5 Å². The minimum absolute atomic E-state index is 0.0809. The fraction of sp³-hybridized carbons (Fsp3) is 0.100. The molecule has 2 aromatic heterocycles. The maximum Gasteiger partial charge on any atom is 0.491 e. The second-order valence-corrected chi connectivity index (χ2v) is 7.28. The number of nitrogens with zero attached hydrogens (tertiary/aromatic N) is 7. The second kappa shape index (κ2) is 9.72. The second-order valence-electron chi connectivity index (χ2n) is 7.28. The number of non-ortho nitro benzene ring substituents is 1. The Morgan fingerprint density at radius 1 is 1.00 bits per heavy atom. The first-order valence-corrected chi connectivity index (χ1v) is 10.0. The SMILES string of the molecule is O=C(Nc1cc(Oc2cccc(C(F)(F)F)c2)cc([N+](=O)[O-])c1)c1ccn(Cn2cnc([N+](=O)[O-])n2)n1. The Hall–Kier alpha value is -5.35. The normalized spacial score (nSPS) is 11.2. The zero-order chi connectivity index (χ0) is 26.7. The summed E-state index contributed by atoms with van der Waals surface area (Å²) in [6, 6.07) is 8.45. The topological polar surface area (TPSA) is 173 Å². The van der Waals surface area contributed by atoms with Crippen molar-refractivity contribution in [3.8, 4) is 11.5 Å². The number of anilines is 1. The van der Waals surface area contributed by atoms with Crippen molar-refractivity contribution in [1.29, 1.82) is 0 Å². The number of carbonyl (C=O) groups is 1. The van der Waals surface area contributed by atoms with Crippen molar-refractivity contribution in [2.24, 2.45) is 0 Å². The van der Waals surface area contributed by atoms with E-state index in [2.05, 4.69) is 20.5 Å². The molecule has 0 saturated carbocycles. The molecule has 37 heavy (non-hydrogen) atoms. The van der Waals surface area contributed by atoms with Gasteiger partial charge in [0.2, 0.25) is 6.33 Å². The lowest BCUT2D eigenvalue weighted by atomic mass is 10.2. The minimum atomic E-state index is -4.62. The number of nitro groups is 2. The summed E-state index contributed by atoms with van der Waals surface area (Å²) >= 11 is 0. The van der Waals surface area contributed by atoms with E-state index in [9.17, 15) is 38.2 Å². The van der Waals surface area contributed by atoms with E-state index in [1.165, 1.54) is 29.1 Å². The third-order valence-corrected chi connectivity index (χ3v) is 4.61. The molecule has 0 saturated heterocycles. The van der Waals surface area contributed by atoms with E-state index in [4.69, 9.17) is 4.74 Å². The molecule has 0 bridgehead atoms. The average Bonchev–Trinajstić information content (AvgIpc) is 3.49. The van der Waals surface area contributed by atoms with Gasteiger partial charge in [-0.3, -0.25) is 14.9 Å². The van der Waals surface area contributed by atoms with Gasteiger partial charge in [-0.2, -0.15) is 23.0 Å². The van der Waals surface area contributed by atoms with E-state index in [0.29, 0.717) is 0 Å². The molecule has 0 fully saturated rings. The number of amides is 1. The van der Waals surface area contributed by atoms with Crippen molar-refractivity contribution in [3.05, 3.63) is 92.5 Å². The quantitative estimate of drug-likeness (QED) is 0.268. The molecule has 1 N–H and O–H groups in total. The van der Waals surface area contributed by atoms with Gasteiger partial charge < -0.3 is 20.2 Å². The number of nitro benzene ring substituents is 1. The summed E-state index contributed by atoms with van der Waals surface area (Å²) in [6.45, 7) is -0.0973. The molecule has 1 amide bonds. The van der Waals surface area contributed by atoms with Crippen LogP contribution in [0.5, 0.6) is 11.5 Å². The van der Waals surface area contributed by atoms with Crippen LogP contribution in [-0.2, 0) is 12.8 Å². The van der Waals surface area contributed by atoms with Gasteiger partial charge in [-0.1, -0.05) is 11.1 Å². The van der Waals surface area contributed by atoms with E-state index in [1.54, 1.807) is 0 Å². The number of alkyl halides is 3. The molecule has 0 radical (unpaired) electrons. The zero-order valence-electron chi connectivity index (χ0n) is 18.2. The summed E-state index contributed by atoms with van der Waals surface area (Å²) < 4.78 is 46.6. The van der Waals surface area contributed by atoms with Crippen LogP contribution >= 0.6 is 0 Å². The Labute approximate surface area is 203 Å². The number of aromatic nitrogens is 5. The number of benzene rings is 2. The highest BCUT2D eigenvalue weighted by Gasteiger charge is 2.30. The molecule has 0 aliphatic carbocycles. The van der Waals surface area contributed by atoms with E-state index in [0.717, 1.165) is 41.3 Å².